The van der Waals surface area contributed by atoms with Gasteiger partial charge in [-0.1, -0.05) is 19.3 Å². The van der Waals surface area contributed by atoms with Crippen LogP contribution in [-0.4, -0.2) is 86.1 Å². The average molecular weight is 454 g/mol. The third-order valence-corrected chi connectivity index (χ3v) is 8.25. The lowest BCUT2D eigenvalue weighted by molar-refractivity contribution is -0.384. The number of benzene rings is 1. The van der Waals surface area contributed by atoms with Crippen molar-refractivity contribution in [3.63, 3.8) is 0 Å². The van der Waals surface area contributed by atoms with Crippen LogP contribution in [0.15, 0.2) is 18.2 Å². The van der Waals surface area contributed by atoms with E-state index in [4.69, 9.17) is 0 Å². The van der Waals surface area contributed by atoms with E-state index in [0.717, 1.165) is 32.1 Å². The lowest BCUT2D eigenvalue weighted by Gasteiger charge is -2.38. The zero-order chi connectivity index (χ0) is 22.8. The fourth-order valence-electron chi connectivity index (χ4n) is 4.31. The minimum atomic E-state index is -3.58. The molecule has 2 fully saturated rings. The van der Waals surface area contributed by atoms with E-state index in [1.54, 1.807) is 37.0 Å². The van der Waals surface area contributed by atoms with Crippen LogP contribution < -0.4 is 4.90 Å². The quantitative estimate of drug-likeness (QED) is 0.481. The largest absolute Gasteiger partial charge is 0.377 e. The van der Waals surface area contributed by atoms with Gasteiger partial charge in [0.2, 0.25) is 0 Å². The van der Waals surface area contributed by atoms with E-state index in [0.29, 0.717) is 5.69 Å². The minimum Gasteiger partial charge on any atom is -0.377 e. The molecule has 1 aliphatic carbocycles. The molecule has 1 amide bonds. The number of nitro benzene ring substituents is 1. The highest BCUT2D eigenvalue weighted by molar-refractivity contribution is 7.86. The van der Waals surface area contributed by atoms with Crippen LogP contribution in [0.1, 0.15) is 42.5 Å². The van der Waals surface area contributed by atoms with Crippen molar-refractivity contribution in [2.75, 3.05) is 52.2 Å². The van der Waals surface area contributed by atoms with Crippen molar-refractivity contribution in [3.05, 3.63) is 33.9 Å². The maximum absolute atomic E-state index is 13.1. The lowest BCUT2D eigenvalue weighted by Crippen LogP contribution is -2.55. The molecule has 0 unspecified atom stereocenters. The van der Waals surface area contributed by atoms with Crippen LogP contribution in [0.25, 0.3) is 0 Å². The van der Waals surface area contributed by atoms with E-state index < -0.39 is 15.1 Å². The molecule has 0 spiro atoms. The predicted octanol–water partition coefficient (Wildman–Crippen LogP) is 1.93. The summed E-state index contributed by atoms with van der Waals surface area (Å²) in [5, 5.41) is 11.2. The van der Waals surface area contributed by atoms with E-state index in [2.05, 4.69) is 0 Å². The van der Waals surface area contributed by atoms with Crippen LogP contribution >= 0.6 is 0 Å². The number of anilines is 1. The second-order valence-corrected chi connectivity index (χ2v) is 10.3. The van der Waals surface area contributed by atoms with Crippen LogP contribution in [0, 0.1) is 10.1 Å². The molecule has 3 rings (SSSR count). The van der Waals surface area contributed by atoms with Gasteiger partial charge in [0.15, 0.2) is 0 Å². The third-order valence-electron chi connectivity index (χ3n) is 6.21. The number of non-ortho nitro benzene ring substituents is 1. The Morgan fingerprint density at radius 2 is 1.68 bits per heavy atom. The van der Waals surface area contributed by atoms with Gasteiger partial charge in [0, 0.05) is 71.2 Å². The molecule has 172 valence electrons. The van der Waals surface area contributed by atoms with E-state index in [-0.39, 0.29) is 49.4 Å². The summed E-state index contributed by atoms with van der Waals surface area (Å²) in [6.07, 6.45) is 5.01. The molecule has 1 aromatic carbocycles. The van der Waals surface area contributed by atoms with Crippen molar-refractivity contribution >= 4 is 27.5 Å². The number of rotatable bonds is 6. The summed E-state index contributed by atoms with van der Waals surface area (Å²) in [7, 11) is 1.60. The number of carbonyl (C=O) groups is 1. The molecule has 1 aromatic rings. The molecule has 10 nitrogen and oxygen atoms in total. The average Bonchev–Trinajstić information content (AvgIpc) is 2.78. The first-order valence-corrected chi connectivity index (χ1v) is 12.0. The molecule has 11 heteroatoms. The van der Waals surface area contributed by atoms with E-state index in [1.165, 1.54) is 20.7 Å². The molecule has 1 aliphatic heterocycles. The summed E-state index contributed by atoms with van der Waals surface area (Å²) in [5.41, 5.74) is 0.682. The van der Waals surface area contributed by atoms with Gasteiger partial charge >= 0.3 is 0 Å². The van der Waals surface area contributed by atoms with Gasteiger partial charge in [0.05, 0.1) is 10.5 Å². The topological polar surface area (TPSA) is 107 Å². The zero-order valence-electron chi connectivity index (χ0n) is 18.4. The van der Waals surface area contributed by atoms with E-state index >= 15 is 0 Å². The Hall–Kier alpha value is -2.24. The molecule has 1 saturated heterocycles. The number of nitrogens with zero attached hydrogens (tertiary/aromatic N) is 5. The van der Waals surface area contributed by atoms with E-state index in [1.807, 2.05) is 0 Å². The molecule has 2 aliphatic rings. The van der Waals surface area contributed by atoms with Gasteiger partial charge in [-0.05, 0) is 18.9 Å². The molecule has 1 saturated carbocycles. The third kappa shape index (κ3) is 4.99. The minimum absolute atomic E-state index is 0.0333. The van der Waals surface area contributed by atoms with Gasteiger partial charge in [-0.25, -0.2) is 0 Å². The Morgan fingerprint density at radius 1 is 1.06 bits per heavy atom. The van der Waals surface area contributed by atoms with Crippen molar-refractivity contribution in [2.24, 2.45) is 0 Å². The molecule has 0 aromatic heterocycles. The first-order chi connectivity index (χ1) is 14.6. The first kappa shape index (κ1) is 23.4. The van der Waals surface area contributed by atoms with Crippen LogP contribution in [-0.2, 0) is 10.2 Å². The summed E-state index contributed by atoms with van der Waals surface area (Å²) < 4.78 is 29.1. The van der Waals surface area contributed by atoms with Crippen LogP contribution in [0.2, 0.25) is 0 Å². The highest BCUT2D eigenvalue weighted by Crippen LogP contribution is 2.27. The summed E-state index contributed by atoms with van der Waals surface area (Å²) >= 11 is 0. The van der Waals surface area contributed by atoms with Crippen molar-refractivity contribution in [1.82, 2.24) is 13.5 Å². The Bertz CT molecular complexity index is 922. The lowest BCUT2D eigenvalue weighted by atomic mass is 9.96. The highest BCUT2D eigenvalue weighted by Gasteiger charge is 2.36. The van der Waals surface area contributed by atoms with Gasteiger partial charge < -0.3 is 9.80 Å². The summed E-state index contributed by atoms with van der Waals surface area (Å²) in [5.74, 6) is -0.329. The standard InChI is InChI=1S/C20H31N5O5S/c1-21(2)19-10-9-17(25(27)28)15-18(19)20(26)23-11-13-24(14-12-23)31(29,30)22(3)16-7-5-4-6-8-16/h9-10,15-16H,4-8,11-14H2,1-3H3. The highest BCUT2D eigenvalue weighted by atomic mass is 32.2. The van der Waals surface area contributed by atoms with Crippen molar-refractivity contribution in [3.8, 4) is 0 Å². The molecule has 0 radical (unpaired) electrons. The number of amides is 1. The molecule has 0 atom stereocenters. The Morgan fingerprint density at radius 3 is 2.23 bits per heavy atom. The van der Waals surface area contributed by atoms with Crippen molar-refractivity contribution in [1.29, 1.82) is 0 Å². The second kappa shape index (κ2) is 9.49. The SMILES string of the molecule is CN(C)c1ccc([N+](=O)[O-])cc1C(=O)N1CCN(S(=O)(=O)N(C)C2CCCCC2)CC1. The van der Waals surface area contributed by atoms with Crippen LogP contribution in [0.4, 0.5) is 11.4 Å². The van der Waals surface area contributed by atoms with Gasteiger partial charge in [-0.15, -0.1) is 0 Å². The molecular weight excluding hydrogens is 422 g/mol. The van der Waals surface area contributed by atoms with Crippen molar-refractivity contribution < 1.29 is 18.1 Å². The smallest absolute Gasteiger partial charge is 0.282 e. The second-order valence-electron chi connectivity index (χ2n) is 8.36. The van der Waals surface area contributed by atoms with Gasteiger partial charge in [0.1, 0.15) is 0 Å². The number of piperazine rings is 1. The van der Waals surface area contributed by atoms with Gasteiger partial charge in [0.25, 0.3) is 21.8 Å². The number of nitro groups is 1. The normalized spacial score (nSPS) is 18.9. The molecule has 31 heavy (non-hydrogen) atoms. The maximum Gasteiger partial charge on any atom is 0.282 e. The zero-order valence-corrected chi connectivity index (χ0v) is 19.2. The molecular formula is C20H31N5O5S. The van der Waals surface area contributed by atoms with Crippen molar-refractivity contribution in [2.45, 2.75) is 38.1 Å². The summed E-state index contributed by atoms with van der Waals surface area (Å²) in [4.78, 5) is 27.1. The Labute approximate surface area is 183 Å². The Balaban J connectivity index is 1.71. The monoisotopic (exact) mass is 453 g/mol. The number of carbonyl (C=O) groups excluding carboxylic acids is 1. The van der Waals surface area contributed by atoms with Crippen LogP contribution in [0.5, 0.6) is 0 Å². The van der Waals surface area contributed by atoms with Gasteiger partial charge in [-0.2, -0.15) is 17.0 Å². The van der Waals surface area contributed by atoms with Gasteiger partial charge in [-0.3, -0.25) is 14.9 Å². The fourth-order valence-corrected chi connectivity index (χ4v) is 5.88. The molecule has 0 bridgehead atoms. The van der Waals surface area contributed by atoms with Crippen LogP contribution in [0.3, 0.4) is 0 Å². The predicted molar refractivity (Wildman–Crippen MR) is 118 cm³/mol. The first-order valence-electron chi connectivity index (χ1n) is 10.6. The summed E-state index contributed by atoms with van der Waals surface area (Å²) in [6, 6.07) is 4.26. The number of hydrogen-bond acceptors (Lipinski definition) is 6. The maximum atomic E-state index is 13.1. The van der Waals surface area contributed by atoms with E-state index in [9.17, 15) is 23.3 Å². The Kier molecular flexibility index (Phi) is 7.17. The molecule has 1 heterocycles. The summed E-state index contributed by atoms with van der Waals surface area (Å²) in [6.45, 7) is 0.896. The number of hydrogen-bond donors (Lipinski definition) is 0. The fraction of sp³-hybridized carbons (Fsp3) is 0.650. The molecule has 0 N–H and O–H groups in total.